The highest BCUT2D eigenvalue weighted by Crippen LogP contribution is 2.13. The number of nitrogens with two attached hydrogens (primary N) is 1. The minimum Gasteiger partial charge on any atom is -0.368 e. The second-order valence-electron chi connectivity index (χ2n) is 4.02. The van der Waals surface area contributed by atoms with Gasteiger partial charge in [-0.25, -0.2) is 0 Å². The Morgan fingerprint density at radius 2 is 2.00 bits per heavy atom. The van der Waals surface area contributed by atoms with Crippen molar-refractivity contribution in [2.75, 3.05) is 24.7 Å². The quantitative estimate of drug-likeness (QED) is 0.680. The highest BCUT2D eigenvalue weighted by atomic mass is 35.5. The second kappa shape index (κ2) is 6.16. The Bertz CT molecular complexity index is 631. The maximum Gasteiger partial charge on any atom is 0.352 e. The number of rotatable bonds is 4. The maximum absolute atomic E-state index is 5.98. The van der Waals surface area contributed by atoms with E-state index in [0.717, 1.165) is 5.56 Å². The molecule has 2 rings (SSSR count). The molecule has 0 aliphatic rings. The van der Waals surface area contributed by atoms with Gasteiger partial charge in [0.25, 0.3) is 0 Å². The Morgan fingerprint density at radius 3 is 2.70 bits per heavy atom. The highest BCUT2D eigenvalue weighted by Gasteiger charge is 2.06. The lowest BCUT2D eigenvalue weighted by Crippen LogP contribution is -2.15. The van der Waals surface area contributed by atoms with Gasteiger partial charge in [-0.2, -0.15) is 15.0 Å². The number of anilines is 2. The fraction of sp³-hybridized carbons (Fsp3) is 0.167. The Morgan fingerprint density at radius 1 is 1.25 bits per heavy atom. The van der Waals surface area contributed by atoms with E-state index in [4.69, 9.17) is 22.2 Å². The van der Waals surface area contributed by atoms with Crippen molar-refractivity contribution >= 4 is 29.7 Å². The first-order chi connectivity index (χ1) is 9.56. The predicted octanol–water partition coefficient (Wildman–Crippen LogP) is 1.59. The molecule has 0 saturated heterocycles. The van der Waals surface area contributed by atoms with Crippen LogP contribution in [0.5, 0.6) is 6.01 Å². The summed E-state index contributed by atoms with van der Waals surface area (Å²) < 4.78 is 0. The molecule has 2 aromatic rings. The number of hydrogen-bond acceptors (Lipinski definition) is 7. The van der Waals surface area contributed by atoms with Crippen molar-refractivity contribution in [3.05, 3.63) is 34.9 Å². The molecule has 1 aromatic heterocycles. The van der Waals surface area contributed by atoms with Gasteiger partial charge in [-0.1, -0.05) is 35.0 Å². The fourth-order valence-electron chi connectivity index (χ4n) is 1.31. The van der Waals surface area contributed by atoms with Crippen LogP contribution in [0.1, 0.15) is 5.56 Å². The van der Waals surface area contributed by atoms with Gasteiger partial charge in [-0.05, 0) is 6.07 Å². The molecule has 104 valence electrons. The SMILES string of the molecule is CN(C)c1nc(N)nc(ON=Cc2ccccc2Cl)n1. The molecule has 1 aromatic carbocycles. The molecule has 2 N–H and O–H groups in total. The van der Waals surface area contributed by atoms with Crippen LogP contribution in [0.3, 0.4) is 0 Å². The number of benzene rings is 1. The van der Waals surface area contributed by atoms with Crippen LogP contribution in [-0.4, -0.2) is 35.3 Å². The van der Waals surface area contributed by atoms with Crippen LogP contribution >= 0.6 is 11.6 Å². The number of aromatic nitrogens is 3. The van der Waals surface area contributed by atoms with Crippen molar-refractivity contribution in [1.82, 2.24) is 15.0 Å². The van der Waals surface area contributed by atoms with Gasteiger partial charge in [0.05, 0.1) is 6.21 Å². The molecule has 1 heterocycles. The molecule has 0 aliphatic carbocycles. The summed E-state index contributed by atoms with van der Waals surface area (Å²) in [5.74, 6) is 0.451. The molecule has 20 heavy (non-hydrogen) atoms. The summed E-state index contributed by atoms with van der Waals surface area (Å²) in [6.07, 6.45) is 1.47. The largest absolute Gasteiger partial charge is 0.368 e. The molecule has 0 fully saturated rings. The van der Waals surface area contributed by atoms with E-state index in [1.807, 2.05) is 18.2 Å². The summed E-state index contributed by atoms with van der Waals surface area (Å²) in [5.41, 5.74) is 6.29. The first-order valence-corrected chi connectivity index (χ1v) is 6.08. The van der Waals surface area contributed by atoms with E-state index in [0.29, 0.717) is 11.0 Å². The summed E-state index contributed by atoms with van der Waals surface area (Å²) in [7, 11) is 3.57. The maximum atomic E-state index is 5.98. The van der Waals surface area contributed by atoms with E-state index in [1.54, 1.807) is 25.1 Å². The molecule has 8 heteroatoms. The van der Waals surface area contributed by atoms with Crippen LogP contribution in [0.25, 0.3) is 0 Å². The Balaban J connectivity index is 2.13. The van der Waals surface area contributed by atoms with Crippen LogP contribution in [0, 0.1) is 0 Å². The summed E-state index contributed by atoms with van der Waals surface area (Å²) in [6.45, 7) is 0. The van der Waals surface area contributed by atoms with Gasteiger partial charge in [0.1, 0.15) is 0 Å². The lowest BCUT2D eigenvalue weighted by atomic mass is 10.2. The minimum absolute atomic E-state index is 0.0181. The van der Waals surface area contributed by atoms with Crippen molar-refractivity contribution in [2.24, 2.45) is 5.16 Å². The van der Waals surface area contributed by atoms with Crippen LogP contribution in [0.4, 0.5) is 11.9 Å². The van der Waals surface area contributed by atoms with Gasteiger partial charge in [0, 0.05) is 24.7 Å². The normalized spacial score (nSPS) is 10.8. The summed E-state index contributed by atoms with van der Waals surface area (Å²) in [4.78, 5) is 18.6. The van der Waals surface area contributed by atoms with Gasteiger partial charge in [0.2, 0.25) is 11.9 Å². The summed E-state index contributed by atoms with van der Waals surface area (Å²) >= 11 is 5.98. The molecule has 0 atom stereocenters. The molecule has 0 bridgehead atoms. The number of nitrogens with zero attached hydrogens (tertiary/aromatic N) is 5. The molecular formula is C12H13ClN6O. The van der Waals surface area contributed by atoms with E-state index in [-0.39, 0.29) is 12.0 Å². The molecule has 0 saturated carbocycles. The Kier molecular flexibility index (Phi) is 4.31. The predicted molar refractivity (Wildman–Crippen MR) is 78.2 cm³/mol. The standard InChI is InChI=1S/C12H13ClN6O/c1-19(2)11-16-10(14)17-12(18-11)20-15-7-8-5-3-4-6-9(8)13/h3-7H,1-2H3,(H2,14,16,17,18). The second-order valence-corrected chi connectivity index (χ2v) is 4.43. The number of oxime groups is 1. The third kappa shape index (κ3) is 3.55. The van der Waals surface area contributed by atoms with Gasteiger partial charge < -0.3 is 15.5 Å². The lowest BCUT2D eigenvalue weighted by molar-refractivity contribution is 0.315. The fourth-order valence-corrected chi connectivity index (χ4v) is 1.50. The molecule has 0 amide bonds. The van der Waals surface area contributed by atoms with Gasteiger partial charge >= 0.3 is 6.01 Å². The zero-order chi connectivity index (χ0) is 14.5. The summed E-state index contributed by atoms with van der Waals surface area (Å²) in [6, 6.07) is 7.26. The van der Waals surface area contributed by atoms with E-state index >= 15 is 0 Å². The minimum atomic E-state index is 0.0181. The van der Waals surface area contributed by atoms with E-state index < -0.39 is 0 Å². The van der Waals surface area contributed by atoms with Crippen molar-refractivity contribution in [1.29, 1.82) is 0 Å². The van der Waals surface area contributed by atoms with Crippen LogP contribution in [0.15, 0.2) is 29.4 Å². The molecular weight excluding hydrogens is 280 g/mol. The topological polar surface area (TPSA) is 89.5 Å². The van der Waals surface area contributed by atoms with Crippen LogP contribution < -0.4 is 15.5 Å². The molecule has 0 spiro atoms. The highest BCUT2D eigenvalue weighted by molar-refractivity contribution is 6.33. The van der Waals surface area contributed by atoms with Crippen molar-refractivity contribution < 1.29 is 4.84 Å². The van der Waals surface area contributed by atoms with Crippen molar-refractivity contribution in [3.8, 4) is 6.01 Å². The smallest absolute Gasteiger partial charge is 0.352 e. The van der Waals surface area contributed by atoms with E-state index in [1.165, 1.54) is 6.21 Å². The lowest BCUT2D eigenvalue weighted by Gasteiger charge is -2.09. The Labute approximate surface area is 121 Å². The van der Waals surface area contributed by atoms with E-state index in [9.17, 15) is 0 Å². The van der Waals surface area contributed by atoms with Crippen LogP contribution in [-0.2, 0) is 0 Å². The van der Waals surface area contributed by atoms with Crippen molar-refractivity contribution in [2.45, 2.75) is 0 Å². The number of hydrogen-bond donors (Lipinski definition) is 1. The monoisotopic (exact) mass is 292 g/mol. The zero-order valence-electron chi connectivity index (χ0n) is 11.0. The molecule has 0 radical (unpaired) electrons. The average Bonchev–Trinajstić information content (AvgIpc) is 2.40. The van der Waals surface area contributed by atoms with Gasteiger partial charge in [-0.3, -0.25) is 0 Å². The molecule has 0 unspecified atom stereocenters. The van der Waals surface area contributed by atoms with Crippen LogP contribution in [0.2, 0.25) is 5.02 Å². The number of halogens is 1. The number of nitrogen functional groups attached to an aromatic ring is 1. The van der Waals surface area contributed by atoms with Gasteiger partial charge in [-0.15, -0.1) is 0 Å². The Hall–Kier alpha value is -2.41. The first-order valence-electron chi connectivity index (χ1n) is 5.70. The molecule has 7 nitrogen and oxygen atoms in total. The average molecular weight is 293 g/mol. The zero-order valence-corrected chi connectivity index (χ0v) is 11.7. The third-order valence-electron chi connectivity index (χ3n) is 2.25. The van der Waals surface area contributed by atoms with Gasteiger partial charge in [0.15, 0.2) is 0 Å². The third-order valence-corrected chi connectivity index (χ3v) is 2.60. The van der Waals surface area contributed by atoms with E-state index in [2.05, 4.69) is 20.1 Å². The van der Waals surface area contributed by atoms with Crippen molar-refractivity contribution in [3.63, 3.8) is 0 Å². The molecule has 0 aliphatic heterocycles. The summed E-state index contributed by atoms with van der Waals surface area (Å²) in [5, 5.41) is 4.35. The first kappa shape index (κ1) is 14.0.